The van der Waals surface area contributed by atoms with Crippen LogP contribution in [0.15, 0.2) is 29.3 Å². The number of hydrogen-bond acceptors (Lipinski definition) is 7. The van der Waals surface area contributed by atoms with Crippen molar-refractivity contribution in [3.05, 3.63) is 46.8 Å². The zero-order chi connectivity index (χ0) is 17.4. The zero-order valence-corrected chi connectivity index (χ0v) is 14.8. The summed E-state index contributed by atoms with van der Waals surface area (Å²) in [4.78, 5) is 9.28. The summed E-state index contributed by atoms with van der Waals surface area (Å²) in [6.45, 7) is 8.01. The van der Waals surface area contributed by atoms with Crippen molar-refractivity contribution in [2.45, 2.75) is 32.6 Å². The van der Waals surface area contributed by atoms with Gasteiger partial charge in [0.05, 0.1) is 25.3 Å². The predicted molar refractivity (Wildman–Crippen MR) is 89.4 cm³/mol. The van der Waals surface area contributed by atoms with Crippen molar-refractivity contribution in [1.82, 2.24) is 4.98 Å². The van der Waals surface area contributed by atoms with Gasteiger partial charge in [0.1, 0.15) is 5.69 Å². The summed E-state index contributed by atoms with van der Waals surface area (Å²) in [5.41, 5.74) is 9.81. The maximum absolute atomic E-state index is 5.35. The molecule has 8 heteroatoms. The molecule has 0 saturated carbocycles. The topological polar surface area (TPSA) is 96.5 Å². The third-order valence-corrected chi connectivity index (χ3v) is 3.78. The van der Waals surface area contributed by atoms with Gasteiger partial charge in [0.15, 0.2) is 0 Å². The summed E-state index contributed by atoms with van der Waals surface area (Å²) in [6, 6.07) is 5.99. The van der Waals surface area contributed by atoms with E-state index in [4.69, 9.17) is 15.9 Å². The summed E-state index contributed by atoms with van der Waals surface area (Å²) < 4.78 is 6.04. The summed E-state index contributed by atoms with van der Waals surface area (Å²) in [6.07, 6.45) is 1.66. The minimum absolute atomic E-state index is 0.329. The van der Waals surface area contributed by atoms with E-state index < -0.39 is 0 Å². The molecule has 0 radical (unpaired) electrons. The first kappa shape index (κ1) is 19.2. The van der Waals surface area contributed by atoms with E-state index in [1.165, 1.54) is 28.5 Å². The van der Waals surface area contributed by atoms with Gasteiger partial charge in [-0.3, -0.25) is 11.6 Å². The minimum Gasteiger partial charge on any atom is -0.289 e. The van der Waals surface area contributed by atoms with Crippen LogP contribution in [0.2, 0.25) is 0 Å². The van der Waals surface area contributed by atoms with Gasteiger partial charge in [-0.2, -0.15) is 0 Å². The largest absolute Gasteiger partial charge is 0.411 e. The van der Waals surface area contributed by atoms with Gasteiger partial charge in [-0.05, 0) is 38.8 Å². The lowest BCUT2D eigenvalue weighted by Crippen LogP contribution is -2.47. The molecule has 4 N–H and O–H groups in total. The maximum Gasteiger partial charge on any atom is 0.411 e. The first-order chi connectivity index (χ1) is 10.8. The fourth-order valence-corrected chi connectivity index (χ4v) is 2.45. The van der Waals surface area contributed by atoms with Crippen molar-refractivity contribution in [2.24, 2.45) is 0 Å². The second kappa shape index (κ2) is 9.31. The summed E-state index contributed by atoms with van der Waals surface area (Å²) in [7, 11) is 1.40. The van der Waals surface area contributed by atoms with Crippen LogP contribution in [0.5, 0.6) is 0 Å². The molecule has 0 bridgehead atoms. The molecule has 2 rings (SSSR count). The normalized spacial score (nSPS) is 10.1. The maximum atomic E-state index is 5.35. The Morgan fingerprint density at radius 2 is 1.74 bits per heavy atom. The Hall–Kier alpha value is -1.87. The molecule has 23 heavy (non-hydrogen) atoms. The molecule has 0 aliphatic rings. The first-order valence-electron chi connectivity index (χ1n) is 6.86. The Kier molecular flexibility index (Phi) is 7.76. The van der Waals surface area contributed by atoms with E-state index in [0.717, 1.165) is 22.6 Å². The molecule has 7 nitrogen and oxygen atoms in total. The highest BCUT2D eigenvalue weighted by molar-refractivity contribution is 7.94. The van der Waals surface area contributed by atoms with E-state index in [0.29, 0.717) is 5.95 Å². The molecule has 0 spiro atoms. The molecule has 0 aliphatic carbocycles. The van der Waals surface area contributed by atoms with Gasteiger partial charge in [-0.25, -0.2) is 4.89 Å². The van der Waals surface area contributed by atoms with Crippen LogP contribution < -0.4 is 16.3 Å². The van der Waals surface area contributed by atoms with Crippen molar-refractivity contribution in [3.8, 4) is 0 Å². The predicted octanol–water partition coefficient (Wildman–Crippen LogP) is 2.10. The van der Waals surface area contributed by atoms with Crippen molar-refractivity contribution < 1.29 is 18.9 Å². The highest BCUT2D eigenvalue weighted by atomic mass is 32.2. The SMILES string of the molecule is COOOSc1c(C)cc(C)cc1C.Cc1cc[n+](N)c(N)n1. The van der Waals surface area contributed by atoms with Crippen LogP contribution in [0.25, 0.3) is 0 Å². The van der Waals surface area contributed by atoms with Gasteiger partial charge < -0.3 is 0 Å². The molecule has 0 saturated heterocycles. The Morgan fingerprint density at radius 3 is 2.22 bits per heavy atom. The lowest BCUT2D eigenvalue weighted by Gasteiger charge is -2.08. The van der Waals surface area contributed by atoms with Crippen LogP contribution in [-0.4, -0.2) is 12.1 Å². The molecular formula is C15H23N4O3S+. The number of rotatable bonds is 4. The average molecular weight is 339 g/mol. The van der Waals surface area contributed by atoms with Crippen LogP contribution in [0.1, 0.15) is 22.4 Å². The molecule has 1 heterocycles. The quantitative estimate of drug-likeness (QED) is 0.220. The minimum atomic E-state index is 0.329. The first-order valence-corrected chi connectivity index (χ1v) is 7.61. The molecule has 2 aromatic rings. The molecule has 0 fully saturated rings. The zero-order valence-electron chi connectivity index (χ0n) is 14.0. The Labute approximate surface area is 140 Å². The van der Waals surface area contributed by atoms with Gasteiger partial charge in [0.2, 0.25) is 0 Å². The number of nitrogens with two attached hydrogens (primary N) is 2. The van der Waals surface area contributed by atoms with E-state index in [1.54, 1.807) is 12.3 Å². The summed E-state index contributed by atoms with van der Waals surface area (Å²) >= 11 is 1.16. The lowest BCUT2D eigenvalue weighted by atomic mass is 10.1. The van der Waals surface area contributed by atoms with Gasteiger partial charge in [0.25, 0.3) is 0 Å². The van der Waals surface area contributed by atoms with E-state index in [1.807, 2.05) is 20.8 Å². The number of aryl methyl sites for hydroxylation is 4. The van der Waals surface area contributed by atoms with E-state index in [2.05, 4.69) is 34.0 Å². The number of nitrogen functional groups attached to an aromatic ring is 2. The van der Waals surface area contributed by atoms with Gasteiger partial charge in [-0.15, -0.1) is 9.01 Å². The van der Waals surface area contributed by atoms with Crippen LogP contribution in [0.3, 0.4) is 0 Å². The fraction of sp³-hybridized carbons (Fsp3) is 0.333. The number of hydrogen-bond donors (Lipinski definition) is 2. The second-order valence-electron chi connectivity index (χ2n) is 4.95. The smallest absolute Gasteiger partial charge is 0.289 e. The third kappa shape index (κ3) is 6.41. The molecule has 0 unspecified atom stereocenters. The van der Waals surface area contributed by atoms with Gasteiger partial charge >= 0.3 is 5.95 Å². The standard InChI is InChI=1S/C10H14O3S.C5H8N4/c1-7-5-8(2)10(9(3)6-7)14-13-12-11-4;1-4-2-3-9(7)5(6)8-4/h5-6H,1-4H3;2-3,6H,7H2,1H3/p+1. The van der Waals surface area contributed by atoms with Crippen molar-refractivity contribution >= 4 is 18.0 Å². The molecule has 0 aliphatic heterocycles. The lowest BCUT2D eigenvalue weighted by molar-refractivity contribution is -0.626. The van der Waals surface area contributed by atoms with Crippen molar-refractivity contribution in [1.29, 1.82) is 0 Å². The molecule has 0 atom stereocenters. The molecule has 126 valence electrons. The second-order valence-corrected chi connectivity index (χ2v) is 5.66. The summed E-state index contributed by atoms with van der Waals surface area (Å²) in [5, 5.41) is 4.34. The average Bonchev–Trinajstić information content (AvgIpc) is 2.47. The number of nitrogens with zero attached hydrogens (tertiary/aromatic N) is 2. The van der Waals surface area contributed by atoms with Crippen molar-refractivity contribution in [3.63, 3.8) is 0 Å². The molecule has 1 aromatic heterocycles. The fourth-order valence-electron chi connectivity index (χ4n) is 1.91. The summed E-state index contributed by atoms with van der Waals surface area (Å²) in [5.74, 6) is 5.65. The van der Waals surface area contributed by atoms with Crippen LogP contribution >= 0.6 is 12.0 Å². The van der Waals surface area contributed by atoms with Crippen LogP contribution in [0.4, 0.5) is 5.95 Å². The Balaban J connectivity index is 0.000000253. The highest BCUT2D eigenvalue weighted by Crippen LogP contribution is 2.28. The monoisotopic (exact) mass is 339 g/mol. The van der Waals surface area contributed by atoms with Gasteiger partial charge in [0, 0.05) is 11.0 Å². The molecule has 0 amide bonds. The molecule has 1 aromatic carbocycles. The van der Waals surface area contributed by atoms with Crippen LogP contribution in [-0.2, 0) is 14.3 Å². The Morgan fingerprint density at radius 1 is 1.13 bits per heavy atom. The van der Waals surface area contributed by atoms with E-state index in [-0.39, 0.29) is 0 Å². The van der Waals surface area contributed by atoms with Crippen molar-refractivity contribution in [2.75, 3.05) is 18.7 Å². The van der Waals surface area contributed by atoms with Crippen LogP contribution in [0, 0.1) is 27.7 Å². The Bertz CT molecular complexity index is 630. The molecular weight excluding hydrogens is 316 g/mol. The highest BCUT2D eigenvalue weighted by Gasteiger charge is 2.05. The van der Waals surface area contributed by atoms with Gasteiger partial charge in [-0.1, -0.05) is 27.7 Å². The number of anilines is 1. The third-order valence-electron chi connectivity index (χ3n) is 2.85. The number of benzene rings is 1. The van der Waals surface area contributed by atoms with E-state index >= 15 is 0 Å². The van der Waals surface area contributed by atoms with E-state index in [9.17, 15) is 0 Å². The number of aromatic nitrogens is 2.